The van der Waals surface area contributed by atoms with Crippen molar-refractivity contribution in [2.75, 3.05) is 172 Å². The Balaban J connectivity index is 1.61. The molecule has 0 aliphatic carbocycles. The normalized spacial score (nSPS) is 13.2. The van der Waals surface area contributed by atoms with Crippen molar-refractivity contribution in [3.05, 3.63) is 12.2 Å². The van der Waals surface area contributed by atoms with Gasteiger partial charge in [-0.3, -0.25) is 14.5 Å². The summed E-state index contributed by atoms with van der Waals surface area (Å²) in [4.78, 5) is 23.9. The number of ether oxygens (including phenoxy) is 13. The molecule has 0 aromatic carbocycles. The Morgan fingerprint density at radius 2 is 0.571 bits per heavy atom. The highest BCUT2D eigenvalue weighted by molar-refractivity contribution is 6.12. The van der Waals surface area contributed by atoms with Crippen LogP contribution in [0.1, 0.15) is 13.8 Å². The number of amides is 2. The van der Waals surface area contributed by atoms with Crippen LogP contribution < -0.4 is 0 Å². The number of hydrogen-bond acceptors (Lipinski definition) is 15. The molecule has 1 aliphatic rings. The molecule has 0 aromatic rings. The SMILES string of the molecule is CC(C)OCCOCCOCCOCCOCCOCCOCCOCCOCCOCCOCCOCCOCCN1C(=O)C=CC1=O. The smallest absolute Gasteiger partial charge is 0.253 e. The summed E-state index contributed by atoms with van der Waals surface area (Å²) in [5, 5.41) is 0. The quantitative estimate of drug-likeness (QED) is 0.0640. The van der Waals surface area contributed by atoms with Gasteiger partial charge in [-0.25, -0.2) is 0 Å². The molecular formula is C33H61NO15. The lowest BCUT2D eigenvalue weighted by molar-refractivity contribution is -0.137. The summed E-state index contributed by atoms with van der Waals surface area (Å²) >= 11 is 0. The van der Waals surface area contributed by atoms with E-state index >= 15 is 0 Å². The van der Waals surface area contributed by atoms with Crippen molar-refractivity contribution in [2.24, 2.45) is 0 Å². The highest BCUT2D eigenvalue weighted by Gasteiger charge is 2.22. The van der Waals surface area contributed by atoms with Crippen LogP contribution in [0.4, 0.5) is 0 Å². The minimum Gasteiger partial charge on any atom is -0.377 e. The molecule has 0 unspecified atom stereocenters. The van der Waals surface area contributed by atoms with E-state index in [-0.39, 0.29) is 31.1 Å². The van der Waals surface area contributed by atoms with Crippen molar-refractivity contribution in [1.29, 1.82) is 0 Å². The second kappa shape index (κ2) is 36.2. The molecule has 0 saturated heterocycles. The van der Waals surface area contributed by atoms with Crippen LogP contribution in [0, 0.1) is 0 Å². The summed E-state index contributed by atoms with van der Waals surface area (Å²) < 4.78 is 70.7. The maximum Gasteiger partial charge on any atom is 0.253 e. The van der Waals surface area contributed by atoms with Gasteiger partial charge < -0.3 is 61.6 Å². The van der Waals surface area contributed by atoms with Gasteiger partial charge in [-0.2, -0.15) is 0 Å². The zero-order chi connectivity index (χ0) is 35.3. The molecule has 1 heterocycles. The highest BCUT2D eigenvalue weighted by atomic mass is 16.6. The van der Waals surface area contributed by atoms with Crippen LogP contribution >= 0.6 is 0 Å². The Labute approximate surface area is 291 Å². The third kappa shape index (κ3) is 32.0. The van der Waals surface area contributed by atoms with E-state index in [4.69, 9.17) is 61.6 Å². The first-order valence-electron chi connectivity index (χ1n) is 17.2. The summed E-state index contributed by atoms with van der Waals surface area (Å²) in [6, 6.07) is 0. The maximum atomic E-state index is 11.4. The van der Waals surface area contributed by atoms with Crippen LogP contribution in [0.2, 0.25) is 0 Å². The molecule has 1 aliphatic heterocycles. The lowest BCUT2D eigenvalue weighted by Gasteiger charge is -2.13. The van der Waals surface area contributed by atoms with Crippen LogP contribution in [0.3, 0.4) is 0 Å². The Kier molecular flexibility index (Phi) is 33.5. The molecular weight excluding hydrogens is 650 g/mol. The van der Waals surface area contributed by atoms with Gasteiger partial charge in [0.05, 0.1) is 178 Å². The van der Waals surface area contributed by atoms with E-state index in [0.29, 0.717) is 159 Å². The molecule has 1 rings (SSSR count). The van der Waals surface area contributed by atoms with Crippen molar-refractivity contribution >= 4 is 11.8 Å². The van der Waals surface area contributed by atoms with E-state index in [1.807, 2.05) is 13.8 Å². The lowest BCUT2D eigenvalue weighted by atomic mass is 10.5. The molecule has 0 aromatic heterocycles. The molecule has 16 heteroatoms. The topological polar surface area (TPSA) is 157 Å². The van der Waals surface area contributed by atoms with Gasteiger partial charge in [0.2, 0.25) is 0 Å². The molecule has 2 amide bonds. The summed E-state index contributed by atoms with van der Waals surface area (Å²) in [6.07, 6.45) is 2.73. The van der Waals surface area contributed by atoms with E-state index in [0.717, 1.165) is 4.90 Å². The second-order valence-electron chi connectivity index (χ2n) is 10.4. The first-order valence-corrected chi connectivity index (χ1v) is 17.2. The van der Waals surface area contributed by atoms with E-state index < -0.39 is 0 Å². The molecule has 16 nitrogen and oxygen atoms in total. The third-order valence-corrected chi connectivity index (χ3v) is 6.13. The maximum absolute atomic E-state index is 11.4. The Hall–Kier alpha value is -1.64. The van der Waals surface area contributed by atoms with Gasteiger partial charge in [0.25, 0.3) is 11.8 Å². The van der Waals surface area contributed by atoms with Crippen LogP contribution in [0.5, 0.6) is 0 Å². The average molecular weight is 712 g/mol. The molecule has 0 N–H and O–H groups in total. The van der Waals surface area contributed by atoms with Crippen LogP contribution in [-0.2, 0) is 71.2 Å². The van der Waals surface area contributed by atoms with Gasteiger partial charge in [-0.15, -0.1) is 0 Å². The summed E-state index contributed by atoms with van der Waals surface area (Å²) in [5.74, 6) is -0.615. The highest BCUT2D eigenvalue weighted by Crippen LogP contribution is 2.02. The predicted octanol–water partition coefficient (Wildman–Crippen LogP) is 0.536. The second-order valence-corrected chi connectivity index (χ2v) is 10.4. The first kappa shape index (κ1) is 45.4. The van der Waals surface area contributed by atoms with Gasteiger partial charge in [0, 0.05) is 12.2 Å². The molecule has 0 spiro atoms. The Bertz CT molecular complexity index is 756. The number of nitrogens with zero attached hydrogens (tertiary/aromatic N) is 1. The Morgan fingerprint density at radius 3 is 0.796 bits per heavy atom. The molecule has 288 valence electrons. The van der Waals surface area contributed by atoms with E-state index in [1.54, 1.807) is 0 Å². The largest absolute Gasteiger partial charge is 0.377 e. The van der Waals surface area contributed by atoms with E-state index in [2.05, 4.69) is 0 Å². The fourth-order valence-electron chi connectivity index (χ4n) is 3.67. The van der Waals surface area contributed by atoms with Crippen molar-refractivity contribution in [2.45, 2.75) is 20.0 Å². The van der Waals surface area contributed by atoms with Crippen LogP contribution in [0.25, 0.3) is 0 Å². The monoisotopic (exact) mass is 711 g/mol. The predicted molar refractivity (Wildman–Crippen MR) is 177 cm³/mol. The minimum absolute atomic E-state index is 0.225. The molecule has 0 saturated carbocycles. The Morgan fingerprint density at radius 1 is 0.367 bits per heavy atom. The molecule has 0 fully saturated rings. The summed E-state index contributed by atoms with van der Waals surface area (Å²) in [7, 11) is 0. The number of rotatable bonds is 40. The van der Waals surface area contributed by atoms with Crippen molar-refractivity contribution in [1.82, 2.24) is 4.90 Å². The zero-order valence-corrected chi connectivity index (χ0v) is 29.7. The third-order valence-electron chi connectivity index (χ3n) is 6.13. The molecule has 0 bridgehead atoms. The fourth-order valence-corrected chi connectivity index (χ4v) is 3.67. The molecule has 0 radical (unpaired) electrons. The van der Waals surface area contributed by atoms with Crippen molar-refractivity contribution < 1.29 is 71.2 Å². The lowest BCUT2D eigenvalue weighted by Crippen LogP contribution is -2.33. The van der Waals surface area contributed by atoms with Gasteiger partial charge in [0.1, 0.15) is 0 Å². The van der Waals surface area contributed by atoms with Crippen LogP contribution in [-0.4, -0.2) is 195 Å². The fraction of sp³-hybridized carbons (Fsp3) is 0.879. The number of carbonyl (C=O) groups is 2. The van der Waals surface area contributed by atoms with Crippen LogP contribution in [0.15, 0.2) is 12.2 Å². The first-order chi connectivity index (χ1) is 24.1. The van der Waals surface area contributed by atoms with Gasteiger partial charge in [0.15, 0.2) is 0 Å². The van der Waals surface area contributed by atoms with E-state index in [9.17, 15) is 9.59 Å². The number of hydrogen-bond donors (Lipinski definition) is 0. The number of carbonyl (C=O) groups excluding carboxylic acids is 2. The van der Waals surface area contributed by atoms with Crippen molar-refractivity contribution in [3.8, 4) is 0 Å². The van der Waals surface area contributed by atoms with Gasteiger partial charge >= 0.3 is 0 Å². The summed E-state index contributed by atoms with van der Waals surface area (Å²) in [6.45, 7) is 16.4. The van der Waals surface area contributed by atoms with E-state index in [1.165, 1.54) is 12.2 Å². The standard InChI is InChI=1S/C33H61NO15/c1-31(2)49-30-29-48-28-27-47-26-25-46-24-23-45-22-21-44-20-19-43-18-17-42-16-15-41-14-13-40-12-11-39-10-9-38-8-7-37-6-5-34-32(35)3-4-33(34)36/h3-4,31H,5-30H2,1-2H3. The van der Waals surface area contributed by atoms with Crippen molar-refractivity contribution in [3.63, 3.8) is 0 Å². The average Bonchev–Trinajstić information content (AvgIpc) is 3.41. The minimum atomic E-state index is -0.307. The van der Waals surface area contributed by atoms with Gasteiger partial charge in [-0.1, -0.05) is 0 Å². The van der Waals surface area contributed by atoms with Gasteiger partial charge in [-0.05, 0) is 13.8 Å². The zero-order valence-electron chi connectivity index (χ0n) is 29.7. The molecule has 0 atom stereocenters. The number of imide groups is 1. The summed E-state index contributed by atoms with van der Waals surface area (Å²) in [5.41, 5.74) is 0. The molecule has 49 heavy (non-hydrogen) atoms.